The summed E-state index contributed by atoms with van der Waals surface area (Å²) in [5, 5.41) is 16.9. The summed E-state index contributed by atoms with van der Waals surface area (Å²) in [5.41, 5.74) is 9.80. The molecular weight excluding hydrogens is 588 g/mol. The third kappa shape index (κ3) is 7.62. The molecule has 47 heavy (non-hydrogen) atoms. The van der Waals surface area contributed by atoms with E-state index in [-0.39, 0.29) is 19.2 Å². The molecule has 0 saturated heterocycles. The number of carbonyl (C=O) groups is 1. The van der Waals surface area contributed by atoms with Crippen molar-refractivity contribution in [3.05, 3.63) is 113 Å². The van der Waals surface area contributed by atoms with Crippen molar-refractivity contribution in [3.8, 4) is 5.75 Å². The van der Waals surface area contributed by atoms with Gasteiger partial charge in [-0.3, -0.25) is 5.84 Å². The molecule has 0 aliphatic rings. The first kappa shape index (κ1) is 33.6. The first-order valence-corrected chi connectivity index (χ1v) is 16.5. The zero-order valence-corrected chi connectivity index (χ0v) is 27.6. The number of allylic oxidation sites excluding steroid dienone is 1. The van der Waals surface area contributed by atoms with Gasteiger partial charge in [-0.05, 0) is 74.3 Å². The van der Waals surface area contributed by atoms with E-state index >= 15 is 0 Å². The Morgan fingerprint density at radius 3 is 2.40 bits per heavy atom. The molecule has 5 N–H and O–H groups in total. The number of hydrogen-bond acceptors (Lipinski definition) is 7. The Labute approximate surface area is 277 Å². The van der Waals surface area contributed by atoms with E-state index in [1.165, 1.54) is 5.56 Å². The summed E-state index contributed by atoms with van der Waals surface area (Å²) in [6.45, 7) is 7.81. The summed E-state index contributed by atoms with van der Waals surface area (Å²) in [5.74, 6) is 6.37. The predicted octanol–water partition coefficient (Wildman–Crippen LogP) is 7.37. The number of nitrogens with one attached hydrogen (secondary N) is 2. The van der Waals surface area contributed by atoms with E-state index in [2.05, 4.69) is 70.8 Å². The van der Waals surface area contributed by atoms with Crippen molar-refractivity contribution >= 4 is 38.9 Å². The van der Waals surface area contributed by atoms with Gasteiger partial charge in [0.25, 0.3) is 0 Å². The Balaban J connectivity index is 1.51. The molecule has 0 unspecified atom stereocenters. The van der Waals surface area contributed by atoms with Gasteiger partial charge in [0.15, 0.2) is 0 Å². The lowest BCUT2D eigenvalue weighted by Crippen LogP contribution is -2.25. The average Bonchev–Trinajstić information content (AvgIpc) is 3.41. The number of nitrogens with zero attached hydrogens (tertiary/aromatic N) is 1. The van der Waals surface area contributed by atoms with Crippen LogP contribution in [-0.2, 0) is 17.7 Å². The van der Waals surface area contributed by atoms with E-state index in [1.54, 1.807) is 0 Å². The first-order valence-electron chi connectivity index (χ1n) is 16.5. The molecule has 5 aromatic rings. The second-order valence-corrected chi connectivity index (χ2v) is 11.6. The molecule has 5 rings (SSSR count). The quantitative estimate of drug-likeness (QED) is 0.0388. The molecule has 8 nitrogen and oxygen atoms in total. The van der Waals surface area contributed by atoms with Crippen LogP contribution in [0.5, 0.6) is 5.75 Å². The van der Waals surface area contributed by atoms with Crippen LogP contribution in [0.2, 0.25) is 0 Å². The van der Waals surface area contributed by atoms with E-state index in [0.717, 1.165) is 62.8 Å². The molecule has 1 heterocycles. The fraction of sp³-hybridized carbons (Fsp3) is 0.308. The topological polar surface area (TPSA) is 111 Å². The first-order chi connectivity index (χ1) is 23.0. The minimum absolute atomic E-state index is 0.222. The summed E-state index contributed by atoms with van der Waals surface area (Å²) >= 11 is 0. The number of hydrazine groups is 1. The van der Waals surface area contributed by atoms with Crippen LogP contribution in [0.15, 0.2) is 90.6 Å². The third-order valence-electron chi connectivity index (χ3n) is 8.55. The van der Waals surface area contributed by atoms with E-state index in [4.69, 9.17) is 15.3 Å². The predicted molar refractivity (Wildman–Crippen MR) is 192 cm³/mol. The molecule has 0 saturated carbocycles. The normalized spacial score (nSPS) is 11.9. The molecule has 0 aliphatic carbocycles. The lowest BCUT2D eigenvalue weighted by atomic mass is 9.97. The van der Waals surface area contributed by atoms with Gasteiger partial charge in [-0.1, -0.05) is 79.2 Å². The maximum absolute atomic E-state index is 13.8. The second-order valence-electron chi connectivity index (χ2n) is 11.6. The van der Waals surface area contributed by atoms with Crippen molar-refractivity contribution in [2.24, 2.45) is 5.84 Å². The molecule has 0 spiro atoms. The molecule has 0 fully saturated rings. The van der Waals surface area contributed by atoms with E-state index in [1.807, 2.05) is 50.2 Å². The minimum Gasteiger partial charge on any atom is -0.493 e. The standard InChI is InChI=1S/C39H46N4O4/c1-4-30(35(26-44)42-40)32-15-9-16-33-34(17-10-25-47-36-18-8-13-28-12-6-7-14-31(28)36)38(39(45)46-5-2)43(37(32)33)24-11-23-41-29-21-19-27(3)20-22-29/h6-9,12-16,18-22,41-42,44H,4-5,10-11,17,23-26,40H2,1-3H3/b35-30+. The second kappa shape index (κ2) is 16.2. The molecule has 1 aromatic heterocycles. The number of para-hydroxylation sites is 1. The number of esters is 1. The van der Waals surface area contributed by atoms with Gasteiger partial charge in [0, 0.05) is 35.1 Å². The smallest absolute Gasteiger partial charge is 0.355 e. The SMILES string of the molecule is CCOC(=O)c1c(CCCOc2cccc3ccccc23)c2cccc(/C(CC)=C(\CO)NN)c2n1CCCNc1ccc(C)cc1. The Morgan fingerprint density at radius 1 is 0.915 bits per heavy atom. The highest BCUT2D eigenvalue weighted by molar-refractivity contribution is 6.03. The lowest BCUT2D eigenvalue weighted by Gasteiger charge is -2.17. The largest absolute Gasteiger partial charge is 0.493 e. The van der Waals surface area contributed by atoms with Crippen LogP contribution in [0.4, 0.5) is 5.69 Å². The zero-order chi connectivity index (χ0) is 33.2. The summed E-state index contributed by atoms with van der Waals surface area (Å²) in [6, 6.07) is 28.7. The van der Waals surface area contributed by atoms with Crippen LogP contribution in [-0.4, -0.2) is 42.0 Å². The highest BCUT2D eigenvalue weighted by Gasteiger charge is 2.26. The van der Waals surface area contributed by atoms with Gasteiger partial charge in [0.2, 0.25) is 0 Å². The van der Waals surface area contributed by atoms with Crippen LogP contribution < -0.4 is 21.3 Å². The fourth-order valence-corrected chi connectivity index (χ4v) is 6.32. The van der Waals surface area contributed by atoms with E-state index < -0.39 is 0 Å². The van der Waals surface area contributed by atoms with Gasteiger partial charge in [0.1, 0.15) is 11.4 Å². The molecule has 0 aliphatic heterocycles. The molecule has 246 valence electrons. The van der Waals surface area contributed by atoms with Gasteiger partial charge in [-0.25, -0.2) is 4.79 Å². The van der Waals surface area contributed by atoms with Gasteiger partial charge in [-0.15, -0.1) is 0 Å². The Morgan fingerprint density at radius 2 is 1.66 bits per heavy atom. The lowest BCUT2D eigenvalue weighted by molar-refractivity contribution is 0.0512. The summed E-state index contributed by atoms with van der Waals surface area (Å²) < 4.78 is 14.1. The maximum Gasteiger partial charge on any atom is 0.355 e. The number of hydrogen-bond donors (Lipinski definition) is 4. The number of aliphatic hydroxyl groups is 1. The highest BCUT2D eigenvalue weighted by atomic mass is 16.5. The molecule has 8 heteroatoms. The summed E-state index contributed by atoms with van der Waals surface area (Å²) in [6.07, 6.45) is 2.74. The van der Waals surface area contributed by atoms with Gasteiger partial charge in [-0.2, -0.15) is 0 Å². The molecule has 0 amide bonds. The molecular formula is C39H46N4O4. The van der Waals surface area contributed by atoms with Crippen LogP contribution in [0.25, 0.3) is 27.2 Å². The van der Waals surface area contributed by atoms with Crippen molar-refractivity contribution in [2.45, 2.75) is 53.0 Å². The number of aromatic nitrogens is 1. The van der Waals surface area contributed by atoms with Gasteiger partial charge >= 0.3 is 5.97 Å². The number of rotatable bonds is 16. The minimum atomic E-state index is -0.340. The van der Waals surface area contributed by atoms with Crippen molar-refractivity contribution < 1.29 is 19.4 Å². The Bertz CT molecular complexity index is 1830. The molecule has 0 atom stereocenters. The summed E-state index contributed by atoms with van der Waals surface area (Å²) in [4.78, 5) is 13.8. The van der Waals surface area contributed by atoms with Crippen molar-refractivity contribution in [1.29, 1.82) is 0 Å². The molecule has 4 aromatic carbocycles. The van der Waals surface area contributed by atoms with Crippen LogP contribution in [0.3, 0.4) is 0 Å². The number of aryl methyl sites for hydroxylation is 3. The molecule has 0 bridgehead atoms. The van der Waals surface area contributed by atoms with E-state index in [0.29, 0.717) is 43.8 Å². The number of anilines is 1. The maximum atomic E-state index is 13.8. The van der Waals surface area contributed by atoms with Crippen LogP contribution >= 0.6 is 0 Å². The number of benzene rings is 4. The number of ether oxygens (including phenoxy) is 2. The van der Waals surface area contributed by atoms with Gasteiger partial charge < -0.3 is 29.9 Å². The zero-order valence-electron chi connectivity index (χ0n) is 27.6. The Kier molecular flexibility index (Phi) is 11.5. The Hall–Kier alpha value is -4.79. The average molecular weight is 635 g/mol. The van der Waals surface area contributed by atoms with Crippen molar-refractivity contribution in [2.75, 3.05) is 31.7 Å². The highest BCUT2D eigenvalue weighted by Crippen LogP contribution is 2.36. The monoisotopic (exact) mass is 634 g/mol. The van der Waals surface area contributed by atoms with Crippen molar-refractivity contribution in [3.63, 3.8) is 0 Å². The van der Waals surface area contributed by atoms with Crippen molar-refractivity contribution in [1.82, 2.24) is 9.99 Å². The van der Waals surface area contributed by atoms with Crippen LogP contribution in [0, 0.1) is 6.92 Å². The van der Waals surface area contributed by atoms with E-state index in [9.17, 15) is 9.90 Å². The van der Waals surface area contributed by atoms with Crippen LogP contribution in [0.1, 0.15) is 60.3 Å². The number of nitrogens with two attached hydrogens (primary N) is 1. The summed E-state index contributed by atoms with van der Waals surface area (Å²) in [7, 11) is 0. The number of carbonyl (C=O) groups excluding carboxylic acids is 1. The third-order valence-corrected chi connectivity index (χ3v) is 8.55. The van der Waals surface area contributed by atoms with Gasteiger partial charge in [0.05, 0.1) is 31.0 Å². The molecule has 0 radical (unpaired) electrons. The number of fused-ring (bicyclic) bond motifs is 2. The number of aliphatic hydroxyl groups excluding tert-OH is 1. The fourth-order valence-electron chi connectivity index (χ4n) is 6.32.